The average Bonchev–Trinajstić information content (AvgIpc) is 2.72. The van der Waals surface area contributed by atoms with Gasteiger partial charge in [-0.1, -0.05) is 30.3 Å². The number of hydrogen-bond acceptors (Lipinski definition) is 3. The number of nitrogens with one attached hydrogen (secondary N) is 2. The van der Waals surface area contributed by atoms with Crippen LogP contribution in [0.5, 0.6) is 0 Å². The van der Waals surface area contributed by atoms with Crippen LogP contribution in [0.25, 0.3) is 0 Å². The maximum atomic E-state index is 6.12. The van der Waals surface area contributed by atoms with E-state index in [1.54, 1.807) is 0 Å². The third-order valence-corrected chi connectivity index (χ3v) is 5.93. The van der Waals surface area contributed by atoms with Crippen LogP contribution >= 0.6 is 24.0 Å². The molecule has 0 aliphatic carbocycles. The Bertz CT molecular complexity index is 587. The number of aliphatic imine (C=N–C) groups is 1. The zero-order chi connectivity index (χ0) is 19.1. The van der Waals surface area contributed by atoms with Gasteiger partial charge in [0.15, 0.2) is 5.96 Å². The van der Waals surface area contributed by atoms with Crippen LogP contribution in [0.2, 0.25) is 0 Å². The second kappa shape index (κ2) is 12.0. The van der Waals surface area contributed by atoms with Gasteiger partial charge in [-0.05, 0) is 45.1 Å². The molecule has 2 aliphatic heterocycles. The molecule has 0 spiro atoms. The summed E-state index contributed by atoms with van der Waals surface area (Å²) in [6.07, 6.45) is 4.86. The maximum Gasteiger partial charge on any atom is 0.191 e. The molecule has 2 aliphatic rings. The van der Waals surface area contributed by atoms with E-state index in [0.717, 1.165) is 25.5 Å². The van der Waals surface area contributed by atoms with E-state index in [2.05, 4.69) is 64.7 Å². The van der Waals surface area contributed by atoms with Crippen LogP contribution < -0.4 is 10.6 Å². The summed E-state index contributed by atoms with van der Waals surface area (Å²) < 4.78 is 6.12. The van der Waals surface area contributed by atoms with Crippen molar-refractivity contribution in [2.45, 2.75) is 57.7 Å². The van der Waals surface area contributed by atoms with Crippen molar-refractivity contribution < 1.29 is 4.74 Å². The van der Waals surface area contributed by atoms with Crippen molar-refractivity contribution in [2.24, 2.45) is 10.9 Å². The van der Waals surface area contributed by atoms with Crippen LogP contribution in [0.3, 0.4) is 0 Å². The summed E-state index contributed by atoms with van der Waals surface area (Å²) in [6, 6.07) is 11.8. The van der Waals surface area contributed by atoms with E-state index in [1.807, 2.05) is 7.05 Å². The van der Waals surface area contributed by atoms with E-state index < -0.39 is 0 Å². The van der Waals surface area contributed by atoms with E-state index in [9.17, 15) is 0 Å². The molecular weight excluding hydrogens is 463 g/mol. The summed E-state index contributed by atoms with van der Waals surface area (Å²) in [7, 11) is 1.87. The number of piperidine rings is 1. The molecule has 0 amide bonds. The fourth-order valence-electron chi connectivity index (χ4n) is 4.24. The number of nitrogens with zero attached hydrogens (tertiary/aromatic N) is 2. The molecule has 2 unspecified atom stereocenters. The minimum Gasteiger partial charge on any atom is -0.373 e. The molecule has 1 aromatic carbocycles. The fraction of sp³-hybridized carbons (Fsp3) is 0.682. The molecule has 5 nitrogen and oxygen atoms in total. The van der Waals surface area contributed by atoms with E-state index in [4.69, 9.17) is 4.74 Å². The predicted molar refractivity (Wildman–Crippen MR) is 128 cm³/mol. The molecule has 158 valence electrons. The van der Waals surface area contributed by atoms with Gasteiger partial charge < -0.3 is 20.3 Å². The number of halogens is 1. The molecule has 3 rings (SSSR count). The lowest BCUT2D eigenvalue weighted by molar-refractivity contribution is -0.0265. The van der Waals surface area contributed by atoms with E-state index in [0.29, 0.717) is 18.0 Å². The van der Waals surface area contributed by atoms with Gasteiger partial charge in [-0.15, -0.1) is 24.0 Å². The van der Waals surface area contributed by atoms with Gasteiger partial charge in [0, 0.05) is 51.3 Å². The van der Waals surface area contributed by atoms with Crippen molar-refractivity contribution in [3.8, 4) is 0 Å². The number of guanidine groups is 1. The highest BCUT2D eigenvalue weighted by molar-refractivity contribution is 14.0. The topological polar surface area (TPSA) is 48.9 Å². The third kappa shape index (κ3) is 6.59. The Hall–Kier alpha value is -0.860. The van der Waals surface area contributed by atoms with Crippen LogP contribution in [0, 0.1) is 5.92 Å². The van der Waals surface area contributed by atoms with Gasteiger partial charge in [0.1, 0.15) is 0 Å². The minimum absolute atomic E-state index is 0. The molecule has 2 fully saturated rings. The summed E-state index contributed by atoms with van der Waals surface area (Å²) in [5, 5.41) is 7.20. The van der Waals surface area contributed by atoms with Gasteiger partial charge in [-0.25, -0.2) is 0 Å². The Kier molecular flexibility index (Phi) is 10.0. The fourth-order valence-corrected chi connectivity index (χ4v) is 4.24. The first-order valence-electron chi connectivity index (χ1n) is 10.5. The van der Waals surface area contributed by atoms with Gasteiger partial charge in [-0.2, -0.15) is 0 Å². The monoisotopic (exact) mass is 500 g/mol. The number of benzene rings is 1. The Labute approximate surface area is 187 Å². The van der Waals surface area contributed by atoms with Crippen LogP contribution in [0.15, 0.2) is 35.3 Å². The SMILES string of the molecule is CN=C(NCC1CCCOC1c1ccccc1)NC1CCN(C(C)C)CC1.I. The Morgan fingerprint density at radius 3 is 2.54 bits per heavy atom. The summed E-state index contributed by atoms with van der Waals surface area (Å²) in [6.45, 7) is 8.65. The molecule has 6 heteroatoms. The summed E-state index contributed by atoms with van der Waals surface area (Å²) in [5.74, 6) is 1.40. The standard InChI is InChI=1S/C22H36N4O.HI/c1-17(2)26-13-11-20(12-14-26)25-22(23-3)24-16-19-10-7-15-27-21(19)18-8-5-4-6-9-18;/h4-6,8-9,17,19-21H,7,10-16H2,1-3H3,(H2,23,24,25);1H. The molecule has 2 atom stereocenters. The molecule has 2 N–H and O–H groups in total. The normalized spacial score (nSPS) is 24.6. The number of likely N-dealkylation sites (tertiary alicyclic amines) is 1. The molecule has 2 saturated heterocycles. The zero-order valence-corrected chi connectivity index (χ0v) is 19.9. The molecule has 0 aromatic heterocycles. The highest BCUT2D eigenvalue weighted by Gasteiger charge is 2.28. The minimum atomic E-state index is 0. The van der Waals surface area contributed by atoms with Crippen molar-refractivity contribution in [1.29, 1.82) is 0 Å². The van der Waals surface area contributed by atoms with E-state index >= 15 is 0 Å². The van der Waals surface area contributed by atoms with Crippen molar-refractivity contribution in [3.05, 3.63) is 35.9 Å². The van der Waals surface area contributed by atoms with Crippen LogP contribution in [-0.2, 0) is 4.74 Å². The Morgan fingerprint density at radius 2 is 1.89 bits per heavy atom. The predicted octanol–water partition coefficient (Wildman–Crippen LogP) is 3.81. The second-order valence-corrected chi connectivity index (χ2v) is 8.11. The third-order valence-electron chi connectivity index (χ3n) is 5.93. The second-order valence-electron chi connectivity index (χ2n) is 8.11. The van der Waals surface area contributed by atoms with E-state index in [1.165, 1.54) is 37.9 Å². The van der Waals surface area contributed by atoms with Crippen LogP contribution in [0.4, 0.5) is 0 Å². The first kappa shape index (κ1) is 23.4. The maximum absolute atomic E-state index is 6.12. The summed E-state index contributed by atoms with van der Waals surface area (Å²) >= 11 is 0. The van der Waals surface area contributed by atoms with E-state index in [-0.39, 0.29) is 30.1 Å². The molecule has 2 heterocycles. The Balaban J connectivity index is 0.00000280. The van der Waals surface area contributed by atoms with Gasteiger partial charge >= 0.3 is 0 Å². The van der Waals surface area contributed by atoms with Gasteiger partial charge in [0.2, 0.25) is 0 Å². The highest BCUT2D eigenvalue weighted by Crippen LogP contribution is 2.33. The average molecular weight is 500 g/mol. The number of ether oxygens (including phenoxy) is 1. The zero-order valence-electron chi connectivity index (χ0n) is 17.6. The van der Waals surface area contributed by atoms with Gasteiger partial charge in [0.25, 0.3) is 0 Å². The van der Waals surface area contributed by atoms with Crippen molar-refractivity contribution >= 4 is 29.9 Å². The van der Waals surface area contributed by atoms with Crippen LogP contribution in [-0.4, -0.2) is 56.2 Å². The first-order chi connectivity index (χ1) is 13.2. The quantitative estimate of drug-likeness (QED) is 0.367. The number of rotatable bonds is 5. The van der Waals surface area contributed by atoms with Crippen molar-refractivity contribution in [2.75, 3.05) is 33.3 Å². The van der Waals surface area contributed by atoms with Crippen molar-refractivity contribution in [3.63, 3.8) is 0 Å². The summed E-state index contributed by atoms with van der Waals surface area (Å²) in [4.78, 5) is 7.01. The highest BCUT2D eigenvalue weighted by atomic mass is 127. The Morgan fingerprint density at radius 1 is 1.18 bits per heavy atom. The lowest BCUT2D eigenvalue weighted by Gasteiger charge is -2.36. The molecule has 0 bridgehead atoms. The number of hydrogen-bond donors (Lipinski definition) is 2. The first-order valence-corrected chi connectivity index (χ1v) is 10.5. The van der Waals surface area contributed by atoms with Gasteiger partial charge in [0.05, 0.1) is 6.10 Å². The van der Waals surface area contributed by atoms with Gasteiger partial charge in [-0.3, -0.25) is 4.99 Å². The van der Waals surface area contributed by atoms with Crippen molar-refractivity contribution in [1.82, 2.24) is 15.5 Å². The molecular formula is C22H37IN4O. The molecule has 0 saturated carbocycles. The molecule has 0 radical (unpaired) electrons. The lowest BCUT2D eigenvalue weighted by atomic mass is 9.89. The smallest absolute Gasteiger partial charge is 0.191 e. The molecule has 1 aromatic rings. The van der Waals surface area contributed by atoms with Crippen LogP contribution in [0.1, 0.15) is 51.2 Å². The largest absolute Gasteiger partial charge is 0.373 e. The summed E-state index contributed by atoms with van der Waals surface area (Å²) in [5.41, 5.74) is 1.29. The lowest BCUT2D eigenvalue weighted by Crippen LogP contribution is -2.50. The molecule has 28 heavy (non-hydrogen) atoms.